The highest BCUT2D eigenvalue weighted by Crippen LogP contribution is 2.29. The lowest BCUT2D eigenvalue weighted by atomic mass is 10.1. The van der Waals surface area contributed by atoms with Crippen LogP contribution in [0.5, 0.6) is 5.75 Å². The van der Waals surface area contributed by atoms with E-state index in [-0.39, 0.29) is 16.9 Å². The van der Waals surface area contributed by atoms with Gasteiger partial charge in [0.1, 0.15) is 5.75 Å². The summed E-state index contributed by atoms with van der Waals surface area (Å²) in [6.07, 6.45) is -1.81. The Morgan fingerprint density at radius 3 is 2.31 bits per heavy atom. The van der Waals surface area contributed by atoms with E-state index in [9.17, 15) is 28.1 Å². The molecule has 10 heteroatoms. The third kappa shape index (κ3) is 5.37. The zero-order valence-corrected chi connectivity index (χ0v) is 15.2. The molecule has 0 spiro atoms. The smallest absolute Gasteiger partial charge is 0.406 e. The molecule has 0 aromatic heterocycles. The lowest BCUT2D eigenvalue weighted by molar-refractivity contribution is -0.384. The number of halogens is 3. The predicted molar refractivity (Wildman–Crippen MR) is 100 cm³/mol. The zero-order chi connectivity index (χ0) is 21.0. The van der Waals surface area contributed by atoms with Crippen molar-refractivity contribution >= 4 is 23.0 Å². The second-order valence-electron chi connectivity index (χ2n) is 6.53. The van der Waals surface area contributed by atoms with Crippen LogP contribution in [0.2, 0.25) is 0 Å². The number of non-ortho nitro benzene ring substituents is 1. The number of carbonyl (C=O) groups is 1. The van der Waals surface area contributed by atoms with Crippen LogP contribution in [0.3, 0.4) is 0 Å². The maximum absolute atomic E-state index is 12.8. The maximum atomic E-state index is 12.8. The summed E-state index contributed by atoms with van der Waals surface area (Å²) in [6, 6.07) is 8.78. The maximum Gasteiger partial charge on any atom is 0.573 e. The number of rotatable bonds is 5. The van der Waals surface area contributed by atoms with Gasteiger partial charge in [-0.3, -0.25) is 14.9 Å². The topological polar surface area (TPSA) is 84.7 Å². The standard InChI is InChI=1S/C19H18F3N3O4/c20-19(21,22)29-15-7-4-13(5-8-15)23-18(26)16-12-14(25(27)28)6-9-17(16)24-10-2-1-3-11-24/h4-9,12H,1-3,10-11H2,(H,23,26). The first kappa shape index (κ1) is 20.4. The number of alkyl halides is 3. The molecule has 1 heterocycles. The average molecular weight is 409 g/mol. The number of nitrogens with one attached hydrogen (secondary N) is 1. The summed E-state index contributed by atoms with van der Waals surface area (Å²) in [5.74, 6) is -1.00. The third-order valence-corrected chi connectivity index (χ3v) is 4.48. The van der Waals surface area contributed by atoms with E-state index in [1.807, 2.05) is 4.90 Å². The van der Waals surface area contributed by atoms with Crippen LogP contribution in [0.25, 0.3) is 0 Å². The molecule has 0 atom stereocenters. The molecule has 0 aliphatic carbocycles. The summed E-state index contributed by atoms with van der Waals surface area (Å²) in [4.78, 5) is 25.3. The van der Waals surface area contributed by atoms with E-state index < -0.39 is 22.9 Å². The minimum Gasteiger partial charge on any atom is -0.406 e. The Morgan fingerprint density at radius 1 is 1.07 bits per heavy atom. The number of ether oxygens (including phenoxy) is 1. The predicted octanol–water partition coefficient (Wildman–Crippen LogP) is 4.74. The SMILES string of the molecule is O=C(Nc1ccc(OC(F)(F)F)cc1)c1cc([N+](=O)[O-])ccc1N1CCCCC1. The minimum absolute atomic E-state index is 0.136. The molecule has 1 aliphatic heterocycles. The monoisotopic (exact) mass is 409 g/mol. The van der Waals surface area contributed by atoms with E-state index >= 15 is 0 Å². The molecule has 0 bridgehead atoms. The van der Waals surface area contributed by atoms with E-state index in [2.05, 4.69) is 10.1 Å². The van der Waals surface area contributed by atoms with E-state index in [0.717, 1.165) is 44.5 Å². The van der Waals surface area contributed by atoms with Gasteiger partial charge in [-0.05, 0) is 49.6 Å². The van der Waals surface area contributed by atoms with Crippen molar-refractivity contribution in [1.82, 2.24) is 0 Å². The van der Waals surface area contributed by atoms with Crippen molar-refractivity contribution in [2.75, 3.05) is 23.3 Å². The molecular weight excluding hydrogens is 391 g/mol. The van der Waals surface area contributed by atoms with Gasteiger partial charge < -0.3 is 15.0 Å². The quantitative estimate of drug-likeness (QED) is 0.570. The van der Waals surface area contributed by atoms with Crippen molar-refractivity contribution in [2.45, 2.75) is 25.6 Å². The number of anilines is 2. The second-order valence-corrected chi connectivity index (χ2v) is 6.53. The summed E-state index contributed by atoms with van der Waals surface area (Å²) in [5, 5.41) is 13.7. The first-order valence-corrected chi connectivity index (χ1v) is 8.93. The Hall–Kier alpha value is -3.30. The Labute approximate surface area is 164 Å². The number of hydrogen-bond donors (Lipinski definition) is 1. The van der Waals surface area contributed by atoms with Gasteiger partial charge in [-0.15, -0.1) is 13.2 Å². The Bertz CT molecular complexity index is 895. The molecule has 1 amide bonds. The van der Waals surface area contributed by atoms with Crippen molar-refractivity contribution in [3.8, 4) is 5.75 Å². The molecular formula is C19H18F3N3O4. The van der Waals surface area contributed by atoms with Crippen molar-refractivity contribution in [1.29, 1.82) is 0 Å². The van der Waals surface area contributed by atoms with E-state index in [1.54, 1.807) is 6.07 Å². The van der Waals surface area contributed by atoms with Gasteiger partial charge in [0.05, 0.1) is 16.2 Å². The van der Waals surface area contributed by atoms with Crippen LogP contribution >= 0.6 is 0 Å². The molecule has 2 aromatic rings. The Kier molecular flexibility index (Phi) is 5.90. The highest BCUT2D eigenvalue weighted by Gasteiger charge is 2.31. The second kappa shape index (κ2) is 8.38. The molecule has 1 N–H and O–H groups in total. The van der Waals surface area contributed by atoms with Crippen LogP contribution < -0.4 is 15.0 Å². The number of nitro benzene ring substituents is 1. The Morgan fingerprint density at radius 2 is 1.72 bits per heavy atom. The highest BCUT2D eigenvalue weighted by atomic mass is 19.4. The molecule has 0 radical (unpaired) electrons. The number of benzene rings is 2. The number of piperidine rings is 1. The van der Waals surface area contributed by atoms with Crippen LogP contribution in [0.1, 0.15) is 29.6 Å². The van der Waals surface area contributed by atoms with Crippen LogP contribution in [0, 0.1) is 10.1 Å². The summed E-state index contributed by atoms with van der Waals surface area (Å²) >= 11 is 0. The van der Waals surface area contributed by atoms with Gasteiger partial charge in [-0.25, -0.2) is 0 Å². The van der Waals surface area contributed by atoms with Crippen LogP contribution in [-0.2, 0) is 0 Å². The van der Waals surface area contributed by atoms with Crippen molar-refractivity contribution in [2.24, 2.45) is 0 Å². The van der Waals surface area contributed by atoms with E-state index in [4.69, 9.17) is 0 Å². The normalized spacial score (nSPS) is 14.4. The fraction of sp³-hybridized carbons (Fsp3) is 0.316. The van der Waals surface area contributed by atoms with Crippen molar-refractivity contribution in [3.63, 3.8) is 0 Å². The lowest BCUT2D eigenvalue weighted by Crippen LogP contribution is -2.31. The first-order chi connectivity index (χ1) is 13.7. The van der Waals surface area contributed by atoms with Gasteiger partial charge in [0, 0.05) is 30.9 Å². The van der Waals surface area contributed by atoms with Crippen LogP contribution in [0.15, 0.2) is 42.5 Å². The number of amides is 1. The molecule has 29 heavy (non-hydrogen) atoms. The lowest BCUT2D eigenvalue weighted by Gasteiger charge is -2.30. The van der Waals surface area contributed by atoms with Gasteiger partial charge in [0.15, 0.2) is 0 Å². The summed E-state index contributed by atoms with van der Waals surface area (Å²) < 4.78 is 40.5. The molecule has 1 aliphatic rings. The Balaban J connectivity index is 1.83. The fourth-order valence-corrected chi connectivity index (χ4v) is 3.17. The van der Waals surface area contributed by atoms with Gasteiger partial charge in [-0.1, -0.05) is 0 Å². The van der Waals surface area contributed by atoms with E-state index in [1.165, 1.54) is 24.3 Å². The fourth-order valence-electron chi connectivity index (χ4n) is 3.17. The first-order valence-electron chi connectivity index (χ1n) is 8.93. The third-order valence-electron chi connectivity index (χ3n) is 4.48. The number of carbonyl (C=O) groups excluding carboxylic acids is 1. The van der Waals surface area contributed by atoms with Gasteiger partial charge in [-0.2, -0.15) is 0 Å². The van der Waals surface area contributed by atoms with Crippen molar-refractivity contribution in [3.05, 3.63) is 58.1 Å². The highest BCUT2D eigenvalue weighted by molar-refractivity contribution is 6.08. The number of hydrogen-bond acceptors (Lipinski definition) is 5. The summed E-state index contributed by atoms with van der Waals surface area (Å²) in [5.41, 5.74) is 0.743. The summed E-state index contributed by atoms with van der Waals surface area (Å²) in [7, 11) is 0. The van der Waals surface area contributed by atoms with Gasteiger partial charge in [0.2, 0.25) is 0 Å². The van der Waals surface area contributed by atoms with Crippen LogP contribution in [-0.4, -0.2) is 30.3 Å². The molecule has 154 valence electrons. The average Bonchev–Trinajstić information content (AvgIpc) is 2.68. The molecule has 1 saturated heterocycles. The van der Waals surface area contributed by atoms with E-state index in [0.29, 0.717) is 5.69 Å². The molecule has 0 saturated carbocycles. The number of nitrogens with zero attached hydrogens (tertiary/aromatic N) is 2. The summed E-state index contributed by atoms with van der Waals surface area (Å²) in [6.45, 7) is 1.48. The largest absolute Gasteiger partial charge is 0.573 e. The van der Waals surface area contributed by atoms with Crippen LogP contribution in [0.4, 0.5) is 30.2 Å². The minimum atomic E-state index is -4.81. The molecule has 0 unspecified atom stereocenters. The molecule has 1 fully saturated rings. The molecule has 2 aromatic carbocycles. The molecule has 7 nitrogen and oxygen atoms in total. The van der Waals surface area contributed by atoms with Crippen molar-refractivity contribution < 1.29 is 27.6 Å². The molecule has 3 rings (SSSR count). The zero-order valence-electron chi connectivity index (χ0n) is 15.2. The van der Waals surface area contributed by atoms with Gasteiger partial charge >= 0.3 is 6.36 Å². The number of nitro groups is 1. The van der Waals surface area contributed by atoms with Gasteiger partial charge in [0.25, 0.3) is 11.6 Å².